The molecule has 2 aromatic carbocycles. The summed E-state index contributed by atoms with van der Waals surface area (Å²) < 4.78 is 12.4. The molecule has 30 heavy (non-hydrogen) atoms. The molecule has 0 bridgehead atoms. The number of aromatic nitrogens is 4. The van der Waals surface area contributed by atoms with Crippen molar-refractivity contribution in [2.24, 2.45) is 0 Å². The molecular weight excluding hydrogens is 402 g/mol. The number of methoxy groups -OCH3 is 2. The summed E-state index contributed by atoms with van der Waals surface area (Å²) in [5.74, 6) is 1.87. The topological polar surface area (TPSA) is 74.1 Å². The fourth-order valence-corrected chi connectivity index (χ4v) is 3.13. The molecule has 7 nitrogen and oxygen atoms in total. The van der Waals surface area contributed by atoms with Gasteiger partial charge in [0.15, 0.2) is 0 Å². The van der Waals surface area contributed by atoms with Crippen molar-refractivity contribution >= 4 is 23.2 Å². The summed E-state index contributed by atoms with van der Waals surface area (Å²) in [6, 6.07) is 16.2. The Bertz CT molecular complexity index is 1140. The number of ether oxygens (including phenoxy) is 2. The lowest BCUT2D eigenvalue weighted by Crippen LogP contribution is -2.01. The lowest BCUT2D eigenvalue weighted by atomic mass is 10.2. The molecule has 0 fully saturated rings. The van der Waals surface area contributed by atoms with Gasteiger partial charge < -0.3 is 14.8 Å². The van der Waals surface area contributed by atoms with Crippen molar-refractivity contribution in [3.05, 3.63) is 77.7 Å². The summed E-state index contributed by atoms with van der Waals surface area (Å²) in [6.45, 7) is 0.621. The van der Waals surface area contributed by atoms with Crippen LogP contribution in [0.2, 0.25) is 5.02 Å². The van der Waals surface area contributed by atoms with E-state index < -0.39 is 0 Å². The minimum absolute atomic E-state index is 0.404. The van der Waals surface area contributed by atoms with Crippen molar-refractivity contribution in [1.82, 2.24) is 19.7 Å². The van der Waals surface area contributed by atoms with E-state index in [1.165, 1.54) is 0 Å². The fourth-order valence-electron chi connectivity index (χ4n) is 2.93. The van der Waals surface area contributed by atoms with Crippen molar-refractivity contribution in [1.29, 1.82) is 0 Å². The number of halogens is 1. The molecule has 4 rings (SSSR count). The van der Waals surface area contributed by atoms with Gasteiger partial charge in [0.1, 0.15) is 11.5 Å². The highest BCUT2D eigenvalue weighted by molar-refractivity contribution is 6.32. The third-order valence-corrected chi connectivity index (χ3v) is 4.72. The van der Waals surface area contributed by atoms with Gasteiger partial charge in [0.2, 0.25) is 5.95 Å². The maximum atomic E-state index is 6.36. The SMILES string of the molecule is COc1ccc(Cn2cc(-c3nc(Nc4cc[c]cc4OC)ncc3Cl)cn2)cc1. The maximum Gasteiger partial charge on any atom is 0.227 e. The first kappa shape index (κ1) is 19.7. The van der Waals surface area contributed by atoms with Crippen LogP contribution >= 0.6 is 11.6 Å². The first-order valence-corrected chi connectivity index (χ1v) is 9.53. The molecule has 0 aliphatic heterocycles. The van der Waals surface area contributed by atoms with Crippen LogP contribution < -0.4 is 14.8 Å². The van der Waals surface area contributed by atoms with E-state index in [0.29, 0.717) is 29.0 Å². The molecule has 151 valence electrons. The van der Waals surface area contributed by atoms with Crippen LogP contribution in [-0.2, 0) is 6.54 Å². The van der Waals surface area contributed by atoms with Crippen LogP contribution in [0.4, 0.5) is 11.6 Å². The third kappa shape index (κ3) is 4.36. The zero-order valence-electron chi connectivity index (χ0n) is 16.5. The van der Waals surface area contributed by atoms with E-state index in [2.05, 4.69) is 26.4 Å². The Morgan fingerprint density at radius 2 is 1.93 bits per heavy atom. The van der Waals surface area contributed by atoms with Crippen LogP contribution in [0.5, 0.6) is 11.5 Å². The van der Waals surface area contributed by atoms with Crippen LogP contribution in [0.1, 0.15) is 5.56 Å². The van der Waals surface area contributed by atoms with Crippen LogP contribution in [0.3, 0.4) is 0 Å². The fraction of sp³-hybridized carbons (Fsp3) is 0.136. The van der Waals surface area contributed by atoms with Crippen molar-refractivity contribution in [3.8, 4) is 22.8 Å². The molecule has 1 N–H and O–H groups in total. The highest BCUT2D eigenvalue weighted by Gasteiger charge is 2.12. The van der Waals surface area contributed by atoms with Gasteiger partial charge in [-0.2, -0.15) is 5.10 Å². The maximum absolute atomic E-state index is 6.36. The average molecular weight is 421 g/mol. The normalized spacial score (nSPS) is 10.6. The zero-order valence-corrected chi connectivity index (χ0v) is 17.2. The lowest BCUT2D eigenvalue weighted by Gasteiger charge is -2.10. The van der Waals surface area contributed by atoms with Gasteiger partial charge in [0.05, 0.1) is 49.6 Å². The molecule has 0 amide bonds. The Morgan fingerprint density at radius 3 is 2.70 bits per heavy atom. The van der Waals surface area contributed by atoms with Gasteiger partial charge >= 0.3 is 0 Å². The molecule has 8 heteroatoms. The summed E-state index contributed by atoms with van der Waals surface area (Å²) in [4.78, 5) is 8.83. The summed E-state index contributed by atoms with van der Waals surface area (Å²) >= 11 is 6.36. The van der Waals surface area contributed by atoms with Crippen molar-refractivity contribution < 1.29 is 9.47 Å². The number of hydrogen-bond donors (Lipinski definition) is 1. The molecular formula is C22H19ClN5O2. The van der Waals surface area contributed by atoms with Gasteiger partial charge in [0.25, 0.3) is 0 Å². The second kappa shape index (κ2) is 8.84. The largest absolute Gasteiger partial charge is 0.497 e. The Morgan fingerprint density at radius 1 is 1.10 bits per heavy atom. The lowest BCUT2D eigenvalue weighted by molar-refractivity contribution is 0.414. The van der Waals surface area contributed by atoms with Crippen molar-refractivity contribution in [2.45, 2.75) is 6.54 Å². The van der Waals surface area contributed by atoms with E-state index in [9.17, 15) is 0 Å². The Kier molecular flexibility index (Phi) is 5.81. The Hall–Kier alpha value is -3.58. The summed E-state index contributed by atoms with van der Waals surface area (Å²) in [7, 11) is 3.25. The highest BCUT2D eigenvalue weighted by Crippen LogP contribution is 2.29. The monoisotopic (exact) mass is 420 g/mol. The Balaban J connectivity index is 1.56. The summed E-state index contributed by atoms with van der Waals surface area (Å²) in [6.07, 6.45) is 5.20. The van der Waals surface area contributed by atoms with E-state index in [-0.39, 0.29) is 0 Å². The molecule has 0 atom stereocenters. The van der Waals surface area contributed by atoms with Crippen LogP contribution in [0.15, 0.2) is 61.1 Å². The van der Waals surface area contributed by atoms with Crippen LogP contribution in [0.25, 0.3) is 11.3 Å². The number of nitrogens with zero attached hydrogens (tertiary/aromatic N) is 4. The van der Waals surface area contributed by atoms with Crippen LogP contribution in [-0.4, -0.2) is 34.0 Å². The number of anilines is 2. The van der Waals surface area contributed by atoms with Crippen LogP contribution in [0, 0.1) is 6.07 Å². The van der Waals surface area contributed by atoms with E-state index >= 15 is 0 Å². The van der Waals surface area contributed by atoms with Gasteiger partial charge in [-0.25, -0.2) is 9.97 Å². The average Bonchev–Trinajstić information content (AvgIpc) is 3.24. The van der Waals surface area contributed by atoms with E-state index in [0.717, 1.165) is 22.6 Å². The van der Waals surface area contributed by atoms with Crippen molar-refractivity contribution in [2.75, 3.05) is 19.5 Å². The number of nitrogens with one attached hydrogen (secondary N) is 1. The van der Waals surface area contributed by atoms with Gasteiger partial charge in [0, 0.05) is 11.8 Å². The first-order valence-electron chi connectivity index (χ1n) is 9.15. The molecule has 0 aliphatic carbocycles. The molecule has 0 unspecified atom stereocenters. The smallest absolute Gasteiger partial charge is 0.227 e. The standard InChI is InChI=1S/C22H19ClN5O2/c1-29-17-9-7-15(8-10-17)13-28-14-16(11-25-28)21-18(23)12-24-22(27-21)26-19-5-3-4-6-20(19)30-2/h3,5-12,14H,13H2,1-2H3,(H,24,26,27). The zero-order chi connectivity index (χ0) is 20.9. The molecule has 0 aliphatic rings. The van der Waals surface area contributed by atoms with Gasteiger partial charge in [-0.3, -0.25) is 4.68 Å². The highest BCUT2D eigenvalue weighted by atomic mass is 35.5. The molecule has 0 spiro atoms. The number of rotatable bonds is 7. The molecule has 0 saturated carbocycles. The first-order chi connectivity index (χ1) is 14.7. The van der Waals surface area contributed by atoms with Crippen molar-refractivity contribution in [3.63, 3.8) is 0 Å². The minimum Gasteiger partial charge on any atom is -0.497 e. The van der Waals surface area contributed by atoms with Gasteiger partial charge in [-0.05, 0) is 35.9 Å². The van der Waals surface area contributed by atoms with E-state index in [1.807, 2.05) is 41.2 Å². The predicted octanol–water partition coefficient (Wildman–Crippen LogP) is 4.60. The van der Waals surface area contributed by atoms with Gasteiger partial charge in [-0.1, -0.05) is 29.8 Å². The number of hydrogen-bond acceptors (Lipinski definition) is 6. The number of benzene rings is 2. The van der Waals surface area contributed by atoms with E-state index in [1.54, 1.807) is 38.7 Å². The minimum atomic E-state index is 0.404. The van der Waals surface area contributed by atoms with Gasteiger partial charge in [-0.15, -0.1) is 0 Å². The molecule has 0 saturated heterocycles. The summed E-state index contributed by atoms with van der Waals surface area (Å²) in [5.41, 5.74) is 3.23. The predicted molar refractivity (Wildman–Crippen MR) is 115 cm³/mol. The summed E-state index contributed by atoms with van der Waals surface area (Å²) in [5, 5.41) is 8.03. The van der Waals surface area contributed by atoms with E-state index in [4.69, 9.17) is 21.1 Å². The Labute approximate surface area is 179 Å². The quantitative estimate of drug-likeness (QED) is 0.471. The molecule has 1 radical (unpaired) electrons. The molecule has 4 aromatic rings. The third-order valence-electron chi connectivity index (χ3n) is 4.45. The second-order valence-corrected chi connectivity index (χ2v) is 6.82. The molecule has 2 heterocycles. The molecule has 2 aromatic heterocycles. The second-order valence-electron chi connectivity index (χ2n) is 6.42.